The first kappa shape index (κ1) is 39.3. The van der Waals surface area contributed by atoms with Crippen molar-refractivity contribution in [3.8, 4) is 66.8 Å². The highest BCUT2D eigenvalue weighted by atomic mass is 14.3. The first-order chi connectivity index (χ1) is 32.7. The molecule has 12 rings (SSSR count). The number of rotatable bonds is 8. The lowest BCUT2D eigenvalue weighted by Crippen LogP contribution is -2.02. The van der Waals surface area contributed by atoms with Gasteiger partial charge in [-0.1, -0.05) is 243 Å². The average molecular weight is 839 g/mol. The molecule has 0 saturated carbocycles. The number of allylic oxidation sites excluding steroid dienone is 1. The van der Waals surface area contributed by atoms with Crippen molar-refractivity contribution in [2.24, 2.45) is 0 Å². The summed E-state index contributed by atoms with van der Waals surface area (Å²) in [6.07, 6.45) is 6.47. The minimum atomic E-state index is 0.0440. The lowest BCUT2D eigenvalue weighted by molar-refractivity contribution is 1.02. The second kappa shape index (κ2) is 16.3. The Balaban J connectivity index is 1.01. The molecule has 0 aliphatic heterocycles. The van der Waals surface area contributed by atoms with Crippen molar-refractivity contribution >= 4 is 44.5 Å². The van der Waals surface area contributed by atoms with E-state index in [0.29, 0.717) is 0 Å². The van der Waals surface area contributed by atoms with E-state index in [2.05, 4.69) is 256 Å². The van der Waals surface area contributed by atoms with Crippen LogP contribution in [0.15, 0.2) is 237 Å². The fourth-order valence-electron chi connectivity index (χ4n) is 11.1. The van der Waals surface area contributed by atoms with Crippen LogP contribution < -0.4 is 0 Å². The van der Waals surface area contributed by atoms with Crippen LogP contribution in [-0.4, -0.2) is 0 Å². The minimum Gasteiger partial charge on any atom is -0.0984 e. The smallest absolute Gasteiger partial charge is 0.0358 e. The topological polar surface area (TPSA) is 0 Å². The van der Waals surface area contributed by atoms with Gasteiger partial charge in [-0.15, -0.1) is 0 Å². The van der Waals surface area contributed by atoms with Gasteiger partial charge in [0.1, 0.15) is 0 Å². The van der Waals surface area contributed by atoms with E-state index in [1.807, 2.05) is 0 Å². The average Bonchev–Trinajstić information content (AvgIpc) is 3.71. The zero-order valence-corrected chi connectivity index (χ0v) is 36.9. The number of hydrogen-bond acceptors (Lipinski definition) is 0. The van der Waals surface area contributed by atoms with E-state index in [-0.39, 0.29) is 5.92 Å². The third-order valence-corrected chi connectivity index (χ3v) is 13.9. The lowest BCUT2D eigenvalue weighted by atomic mass is 9.81. The third kappa shape index (κ3) is 6.29. The van der Waals surface area contributed by atoms with E-state index in [0.717, 1.165) is 5.56 Å². The van der Waals surface area contributed by atoms with Crippen LogP contribution in [0.3, 0.4) is 0 Å². The van der Waals surface area contributed by atoms with Gasteiger partial charge in [0.15, 0.2) is 0 Å². The van der Waals surface area contributed by atoms with E-state index >= 15 is 0 Å². The zero-order valence-electron chi connectivity index (χ0n) is 36.9. The summed E-state index contributed by atoms with van der Waals surface area (Å²) in [5.41, 5.74) is 21.2. The molecule has 11 aromatic carbocycles. The Morgan fingerprint density at radius 1 is 0.318 bits per heavy atom. The molecule has 1 atom stereocenters. The van der Waals surface area contributed by atoms with Crippen LogP contribution in [0.5, 0.6) is 0 Å². The first-order valence-corrected chi connectivity index (χ1v) is 23.0. The van der Waals surface area contributed by atoms with Crippen molar-refractivity contribution in [3.63, 3.8) is 0 Å². The van der Waals surface area contributed by atoms with Gasteiger partial charge in [0.25, 0.3) is 0 Å². The Kier molecular flexibility index (Phi) is 9.73. The largest absolute Gasteiger partial charge is 0.0984 e. The molecule has 0 nitrogen and oxygen atoms in total. The molecule has 11 aromatic rings. The maximum Gasteiger partial charge on any atom is 0.0358 e. The Hall–Kier alpha value is -8.32. The van der Waals surface area contributed by atoms with Crippen LogP contribution in [0, 0.1) is 0 Å². The SMILES string of the molecule is C=Cc1c(/C=C\C)c(-c2ccccc2)c2ccccc2c1-c1ccc2c(c1)C(c1ccccc1-c1ccc(-c3c4ccccc4c(-c4ccccc4)c4ccccc34)cc1)c1ccccc1-2. The van der Waals surface area contributed by atoms with E-state index in [1.165, 1.54) is 121 Å². The van der Waals surface area contributed by atoms with Gasteiger partial charge >= 0.3 is 0 Å². The van der Waals surface area contributed by atoms with Crippen molar-refractivity contribution in [2.45, 2.75) is 12.8 Å². The summed E-state index contributed by atoms with van der Waals surface area (Å²) in [6, 6.07) is 82.9. The standard InChI is InChI=1S/C66H46/c1-3-21-52-48(4-2)65(60-35-20-19-34-59(60)62(52)44-22-7-5-8-23-44)47-40-41-51-50-27-12-14-29-54(50)66(61(51)42-47)53-28-13-11-26-49(53)43-36-38-46(39-37-43)64-57-32-17-15-30-55(57)63(45-24-9-6-10-25-45)56-31-16-18-33-58(56)64/h3-42,66H,2H2,1H3/b21-3-. The number of hydrogen-bond donors (Lipinski definition) is 0. The van der Waals surface area contributed by atoms with Crippen molar-refractivity contribution in [2.75, 3.05) is 0 Å². The fourth-order valence-corrected chi connectivity index (χ4v) is 11.1. The molecule has 0 aromatic heterocycles. The molecule has 0 heteroatoms. The zero-order chi connectivity index (χ0) is 44.1. The van der Waals surface area contributed by atoms with Crippen molar-refractivity contribution in [1.29, 1.82) is 0 Å². The molecule has 0 amide bonds. The quantitative estimate of drug-likeness (QED) is 0.134. The molecule has 1 aliphatic carbocycles. The van der Waals surface area contributed by atoms with Crippen LogP contribution in [-0.2, 0) is 0 Å². The van der Waals surface area contributed by atoms with Gasteiger partial charge in [0, 0.05) is 5.92 Å². The van der Waals surface area contributed by atoms with Crippen LogP contribution in [0.4, 0.5) is 0 Å². The summed E-state index contributed by atoms with van der Waals surface area (Å²) in [4.78, 5) is 0. The highest BCUT2D eigenvalue weighted by molar-refractivity contribution is 6.21. The molecule has 0 fully saturated rings. The van der Waals surface area contributed by atoms with E-state index in [1.54, 1.807) is 0 Å². The fraction of sp³-hybridized carbons (Fsp3) is 0.0303. The van der Waals surface area contributed by atoms with Gasteiger partial charge in [-0.25, -0.2) is 0 Å². The number of fused-ring (bicyclic) bond motifs is 6. The maximum absolute atomic E-state index is 4.45. The molecule has 0 N–H and O–H groups in total. The molecule has 0 radical (unpaired) electrons. The second-order valence-electron chi connectivity index (χ2n) is 17.4. The highest BCUT2D eigenvalue weighted by Crippen LogP contribution is 2.53. The van der Waals surface area contributed by atoms with Crippen LogP contribution in [0.25, 0.3) is 111 Å². The van der Waals surface area contributed by atoms with E-state index in [9.17, 15) is 0 Å². The minimum absolute atomic E-state index is 0.0440. The van der Waals surface area contributed by atoms with Gasteiger partial charge in [-0.3, -0.25) is 0 Å². The molecule has 0 spiro atoms. The summed E-state index contributed by atoms with van der Waals surface area (Å²) < 4.78 is 0. The molecule has 0 bridgehead atoms. The molecular formula is C66H46. The molecule has 1 aliphatic rings. The molecule has 0 heterocycles. The van der Waals surface area contributed by atoms with Crippen molar-refractivity contribution in [1.82, 2.24) is 0 Å². The first-order valence-electron chi connectivity index (χ1n) is 23.0. The van der Waals surface area contributed by atoms with Gasteiger partial charge in [0.2, 0.25) is 0 Å². The van der Waals surface area contributed by atoms with Gasteiger partial charge in [0.05, 0.1) is 0 Å². The summed E-state index contributed by atoms with van der Waals surface area (Å²) in [5.74, 6) is 0.0440. The predicted octanol–water partition coefficient (Wildman–Crippen LogP) is 18.3. The van der Waals surface area contributed by atoms with Gasteiger partial charge in [-0.05, 0) is 140 Å². The van der Waals surface area contributed by atoms with Crippen LogP contribution >= 0.6 is 0 Å². The normalized spacial score (nSPS) is 13.1. The molecule has 0 saturated heterocycles. The van der Waals surface area contributed by atoms with Crippen molar-refractivity contribution in [3.05, 3.63) is 265 Å². The van der Waals surface area contributed by atoms with E-state index < -0.39 is 0 Å². The molecule has 66 heavy (non-hydrogen) atoms. The Bertz CT molecular complexity index is 3640. The Morgan fingerprint density at radius 2 is 0.697 bits per heavy atom. The summed E-state index contributed by atoms with van der Waals surface area (Å²) >= 11 is 0. The summed E-state index contributed by atoms with van der Waals surface area (Å²) in [7, 11) is 0. The second-order valence-corrected chi connectivity index (χ2v) is 17.4. The molecule has 310 valence electrons. The van der Waals surface area contributed by atoms with Crippen molar-refractivity contribution < 1.29 is 0 Å². The maximum atomic E-state index is 4.45. The van der Waals surface area contributed by atoms with Crippen LogP contribution in [0.2, 0.25) is 0 Å². The Labute approximate surface area is 387 Å². The summed E-state index contributed by atoms with van der Waals surface area (Å²) in [6.45, 7) is 6.55. The molecule has 1 unspecified atom stereocenters. The third-order valence-electron chi connectivity index (χ3n) is 13.9. The Morgan fingerprint density at radius 3 is 1.23 bits per heavy atom. The number of benzene rings is 11. The monoisotopic (exact) mass is 838 g/mol. The summed E-state index contributed by atoms with van der Waals surface area (Å²) in [5, 5.41) is 7.52. The molecular weight excluding hydrogens is 793 g/mol. The van der Waals surface area contributed by atoms with Gasteiger partial charge < -0.3 is 0 Å². The lowest BCUT2D eigenvalue weighted by Gasteiger charge is -2.22. The highest BCUT2D eigenvalue weighted by Gasteiger charge is 2.32. The van der Waals surface area contributed by atoms with Gasteiger partial charge in [-0.2, -0.15) is 0 Å². The predicted molar refractivity (Wildman–Crippen MR) is 284 cm³/mol. The van der Waals surface area contributed by atoms with Crippen LogP contribution in [0.1, 0.15) is 40.7 Å². The van der Waals surface area contributed by atoms with E-state index in [4.69, 9.17) is 0 Å².